The van der Waals surface area contributed by atoms with Gasteiger partial charge in [0.25, 0.3) is 5.91 Å². The molecule has 164 valence electrons. The number of ether oxygens (including phenoxy) is 1. The highest BCUT2D eigenvalue weighted by Crippen LogP contribution is 2.36. The van der Waals surface area contributed by atoms with E-state index in [2.05, 4.69) is 12.1 Å². The fourth-order valence-electron chi connectivity index (χ4n) is 3.70. The molecule has 0 atom stereocenters. The van der Waals surface area contributed by atoms with Crippen molar-refractivity contribution in [2.24, 2.45) is 0 Å². The van der Waals surface area contributed by atoms with Crippen LogP contribution in [0.2, 0.25) is 5.02 Å². The van der Waals surface area contributed by atoms with Crippen LogP contribution in [-0.4, -0.2) is 29.8 Å². The van der Waals surface area contributed by atoms with Crippen molar-refractivity contribution in [3.05, 3.63) is 99.3 Å². The molecule has 0 N–H and O–H groups in total. The summed E-state index contributed by atoms with van der Waals surface area (Å²) in [5, 5.41) is 3.57. The fraction of sp³-hybridized carbons (Fsp3) is 0.115. The lowest BCUT2D eigenvalue weighted by atomic mass is 10.1. The lowest BCUT2D eigenvalue weighted by Crippen LogP contribution is -2.42. The SMILES string of the molecule is O=C(CN1C(=O)COc2ccc(-c3csc(Cc4ccccc4)n3)cc21)c1ccc(Cl)cc1. The molecule has 1 aromatic heterocycles. The van der Waals surface area contributed by atoms with Crippen LogP contribution in [0.15, 0.2) is 78.2 Å². The molecule has 5 nitrogen and oxygen atoms in total. The van der Waals surface area contributed by atoms with Gasteiger partial charge in [0.1, 0.15) is 5.75 Å². The number of anilines is 1. The fourth-order valence-corrected chi connectivity index (χ4v) is 4.66. The molecule has 7 heteroatoms. The number of fused-ring (bicyclic) bond motifs is 1. The monoisotopic (exact) mass is 474 g/mol. The van der Waals surface area contributed by atoms with Gasteiger partial charge in [-0.3, -0.25) is 14.5 Å². The van der Waals surface area contributed by atoms with Gasteiger partial charge >= 0.3 is 0 Å². The van der Waals surface area contributed by atoms with Gasteiger partial charge in [0.05, 0.1) is 22.9 Å². The molecular weight excluding hydrogens is 456 g/mol. The van der Waals surface area contributed by atoms with Crippen LogP contribution in [0.3, 0.4) is 0 Å². The number of aromatic nitrogens is 1. The van der Waals surface area contributed by atoms with Gasteiger partial charge in [-0.15, -0.1) is 11.3 Å². The van der Waals surface area contributed by atoms with Crippen LogP contribution in [0.5, 0.6) is 5.75 Å². The Morgan fingerprint density at radius 2 is 1.85 bits per heavy atom. The van der Waals surface area contributed by atoms with Gasteiger partial charge < -0.3 is 4.74 Å². The Balaban J connectivity index is 1.41. The van der Waals surface area contributed by atoms with E-state index in [4.69, 9.17) is 21.3 Å². The van der Waals surface area contributed by atoms with E-state index < -0.39 is 0 Å². The van der Waals surface area contributed by atoms with Crippen molar-refractivity contribution in [1.29, 1.82) is 0 Å². The van der Waals surface area contributed by atoms with E-state index >= 15 is 0 Å². The smallest absolute Gasteiger partial charge is 0.265 e. The predicted octanol–water partition coefficient (Wildman–Crippen LogP) is 5.66. The number of halogens is 1. The maximum atomic E-state index is 12.8. The number of rotatable bonds is 6. The largest absolute Gasteiger partial charge is 0.482 e. The molecule has 33 heavy (non-hydrogen) atoms. The van der Waals surface area contributed by atoms with Crippen LogP contribution in [0, 0.1) is 0 Å². The molecule has 4 aromatic rings. The van der Waals surface area contributed by atoms with Gasteiger partial charge in [-0.1, -0.05) is 41.9 Å². The van der Waals surface area contributed by atoms with Crippen molar-refractivity contribution in [2.45, 2.75) is 6.42 Å². The highest BCUT2D eigenvalue weighted by molar-refractivity contribution is 7.10. The zero-order valence-electron chi connectivity index (χ0n) is 17.5. The van der Waals surface area contributed by atoms with Crippen LogP contribution in [0.25, 0.3) is 11.3 Å². The molecule has 5 rings (SSSR count). The summed E-state index contributed by atoms with van der Waals surface area (Å²) in [6.45, 7) is -0.172. The first kappa shape index (κ1) is 21.4. The number of hydrogen-bond acceptors (Lipinski definition) is 5. The summed E-state index contributed by atoms with van der Waals surface area (Å²) in [5.74, 6) is 0.143. The zero-order valence-corrected chi connectivity index (χ0v) is 19.1. The summed E-state index contributed by atoms with van der Waals surface area (Å²) in [6, 6.07) is 22.5. The molecule has 0 unspecified atom stereocenters. The number of thiazole rings is 1. The van der Waals surface area contributed by atoms with E-state index in [1.54, 1.807) is 35.6 Å². The minimum absolute atomic E-state index is 0.0728. The second-order valence-electron chi connectivity index (χ2n) is 7.67. The lowest BCUT2D eigenvalue weighted by molar-refractivity contribution is -0.121. The number of ketones is 1. The number of carbonyl (C=O) groups excluding carboxylic acids is 2. The number of nitrogens with zero attached hydrogens (tertiary/aromatic N) is 2. The minimum atomic E-state index is -0.259. The number of benzene rings is 3. The Labute approximate surface area is 200 Å². The quantitative estimate of drug-likeness (QED) is 0.338. The van der Waals surface area contributed by atoms with E-state index in [1.807, 2.05) is 41.8 Å². The highest BCUT2D eigenvalue weighted by Gasteiger charge is 2.28. The average molecular weight is 475 g/mol. The highest BCUT2D eigenvalue weighted by atomic mass is 35.5. The molecule has 2 heterocycles. The van der Waals surface area contributed by atoms with Gasteiger partial charge in [-0.05, 0) is 48.0 Å². The van der Waals surface area contributed by atoms with E-state index in [1.165, 1.54) is 10.5 Å². The maximum absolute atomic E-state index is 12.8. The van der Waals surface area contributed by atoms with Crippen molar-refractivity contribution in [3.63, 3.8) is 0 Å². The average Bonchev–Trinajstić information content (AvgIpc) is 3.30. The lowest BCUT2D eigenvalue weighted by Gasteiger charge is -2.29. The summed E-state index contributed by atoms with van der Waals surface area (Å²) in [5.41, 5.74) is 3.97. The molecule has 0 fully saturated rings. The minimum Gasteiger partial charge on any atom is -0.482 e. The third kappa shape index (κ3) is 4.67. The number of amides is 1. The molecule has 1 amide bonds. The zero-order chi connectivity index (χ0) is 22.8. The van der Waals surface area contributed by atoms with Gasteiger partial charge in [0, 0.05) is 28.0 Å². The first-order valence-electron chi connectivity index (χ1n) is 10.4. The normalized spacial score (nSPS) is 12.9. The molecule has 0 saturated carbocycles. The van der Waals surface area contributed by atoms with E-state index in [0.29, 0.717) is 22.0 Å². The van der Waals surface area contributed by atoms with Crippen LogP contribution in [0.1, 0.15) is 20.9 Å². The Morgan fingerprint density at radius 1 is 1.06 bits per heavy atom. The van der Waals surface area contributed by atoms with Crippen molar-refractivity contribution < 1.29 is 14.3 Å². The second-order valence-corrected chi connectivity index (χ2v) is 9.05. The number of Topliss-reactive ketones (excluding diaryl/α,β-unsaturated/α-hetero) is 1. The van der Waals surface area contributed by atoms with Crippen molar-refractivity contribution in [1.82, 2.24) is 4.98 Å². The Kier molecular flexibility index (Phi) is 5.94. The number of hydrogen-bond donors (Lipinski definition) is 0. The Hall–Kier alpha value is -3.48. The van der Waals surface area contributed by atoms with Crippen molar-refractivity contribution in [3.8, 4) is 17.0 Å². The van der Waals surface area contributed by atoms with Crippen LogP contribution in [0.4, 0.5) is 5.69 Å². The molecule has 3 aromatic carbocycles. The van der Waals surface area contributed by atoms with Crippen LogP contribution >= 0.6 is 22.9 Å². The summed E-state index contributed by atoms with van der Waals surface area (Å²) < 4.78 is 5.61. The third-order valence-electron chi connectivity index (χ3n) is 5.42. The van der Waals surface area contributed by atoms with Gasteiger partial charge in [-0.25, -0.2) is 4.98 Å². The molecule has 0 spiro atoms. The molecule has 0 radical (unpaired) electrons. The molecule has 0 saturated heterocycles. The first-order chi connectivity index (χ1) is 16.1. The molecule has 1 aliphatic rings. The first-order valence-corrected chi connectivity index (χ1v) is 11.7. The Morgan fingerprint density at radius 3 is 2.64 bits per heavy atom. The maximum Gasteiger partial charge on any atom is 0.265 e. The molecule has 0 aliphatic carbocycles. The van der Waals surface area contributed by atoms with E-state index in [9.17, 15) is 9.59 Å². The number of carbonyl (C=O) groups is 2. The standard InChI is InChI=1S/C26H19ClN2O3S/c27-20-9-6-18(7-10-20)23(30)14-29-22-13-19(8-11-24(22)32-15-26(29)31)21-16-33-25(28-21)12-17-4-2-1-3-5-17/h1-11,13,16H,12,14-15H2. The third-order valence-corrected chi connectivity index (χ3v) is 6.52. The second kappa shape index (κ2) is 9.17. The van der Waals surface area contributed by atoms with E-state index in [-0.39, 0.29) is 24.8 Å². The topological polar surface area (TPSA) is 59.5 Å². The summed E-state index contributed by atoms with van der Waals surface area (Å²) >= 11 is 7.52. The molecule has 0 bridgehead atoms. The van der Waals surface area contributed by atoms with Crippen LogP contribution < -0.4 is 9.64 Å². The van der Waals surface area contributed by atoms with Gasteiger partial charge in [0.2, 0.25) is 0 Å². The molecular formula is C26H19ClN2O3S. The van der Waals surface area contributed by atoms with Crippen LogP contribution in [-0.2, 0) is 11.2 Å². The molecule has 1 aliphatic heterocycles. The van der Waals surface area contributed by atoms with E-state index in [0.717, 1.165) is 22.7 Å². The Bertz CT molecular complexity index is 1320. The van der Waals surface area contributed by atoms with Gasteiger partial charge in [0.15, 0.2) is 12.4 Å². The van der Waals surface area contributed by atoms with Crippen molar-refractivity contribution in [2.75, 3.05) is 18.1 Å². The predicted molar refractivity (Wildman–Crippen MR) is 130 cm³/mol. The van der Waals surface area contributed by atoms with Crippen molar-refractivity contribution >= 4 is 40.3 Å². The summed E-state index contributed by atoms with van der Waals surface area (Å²) in [7, 11) is 0. The summed E-state index contributed by atoms with van der Waals surface area (Å²) in [4.78, 5) is 31.7. The van der Waals surface area contributed by atoms with Gasteiger partial charge in [-0.2, -0.15) is 0 Å². The summed E-state index contributed by atoms with van der Waals surface area (Å²) in [6.07, 6.45) is 0.764.